The number of esters is 1. The third-order valence-corrected chi connectivity index (χ3v) is 2.03. The van der Waals surface area contributed by atoms with E-state index in [1.54, 1.807) is 33.8 Å². The van der Waals surface area contributed by atoms with Gasteiger partial charge >= 0.3 is 12.1 Å². The summed E-state index contributed by atoms with van der Waals surface area (Å²) in [6.07, 6.45) is 0.178. The number of rotatable bonds is 4. The summed E-state index contributed by atoms with van der Waals surface area (Å²) in [6.45, 7) is 10.8. The Labute approximate surface area is 114 Å². The van der Waals surface area contributed by atoms with Crippen molar-refractivity contribution in [2.75, 3.05) is 7.11 Å². The zero-order valence-electron chi connectivity index (χ0n) is 12.8. The summed E-state index contributed by atoms with van der Waals surface area (Å²) in [4.78, 5) is 23.2. The molecule has 0 N–H and O–H groups in total. The van der Waals surface area contributed by atoms with E-state index in [2.05, 4.69) is 4.74 Å². The van der Waals surface area contributed by atoms with E-state index in [0.717, 1.165) is 0 Å². The molecular weight excluding hydrogens is 248 g/mol. The van der Waals surface area contributed by atoms with Crippen LogP contribution in [0.4, 0.5) is 4.79 Å². The monoisotopic (exact) mass is 272 g/mol. The van der Waals surface area contributed by atoms with Crippen LogP contribution < -0.4 is 0 Å². The van der Waals surface area contributed by atoms with Gasteiger partial charge in [0.1, 0.15) is 11.7 Å². The second-order valence-electron chi connectivity index (χ2n) is 5.58. The average Bonchev–Trinajstić information content (AvgIpc) is 2.22. The smallest absolute Gasteiger partial charge is 0.457 e. The second-order valence-corrected chi connectivity index (χ2v) is 5.58. The van der Waals surface area contributed by atoms with Gasteiger partial charge in [0.2, 0.25) is 0 Å². The minimum atomic E-state index is -0.828. The molecule has 0 saturated carbocycles. The summed E-state index contributed by atoms with van der Waals surface area (Å²) in [5, 5.41) is 0. The lowest BCUT2D eigenvalue weighted by Crippen LogP contribution is -2.30. The highest BCUT2D eigenvalue weighted by Crippen LogP contribution is 2.17. The van der Waals surface area contributed by atoms with Gasteiger partial charge in [0, 0.05) is 0 Å². The van der Waals surface area contributed by atoms with Crippen molar-refractivity contribution in [3.05, 3.63) is 11.6 Å². The Balaban J connectivity index is 5.02. The molecule has 0 saturated heterocycles. The first kappa shape index (κ1) is 17.5. The SMILES string of the molecule is COC(=O)O[C@H](C)/C(=C\C(C)C)C(=O)OC(C)(C)C. The maximum absolute atomic E-state index is 12.1. The van der Waals surface area contributed by atoms with E-state index in [-0.39, 0.29) is 5.92 Å². The normalized spacial score (nSPS) is 14.0. The molecule has 5 heteroatoms. The van der Waals surface area contributed by atoms with Crippen molar-refractivity contribution in [1.82, 2.24) is 0 Å². The van der Waals surface area contributed by atoms with E-state index >= 15 is 0 Å². The zero-order valence-corrected chi connectivity index (χ0v) is 12.8. The molecule has 19 heavy (non-hydrogen) atoms. The molecule has 0 aliphatic rings. The van der Waals surface area contributed by atoms with E-state index in [0.29, 0.717) is 5.57 Å². The number of hydrogen-bond acceptors (Lipinski definition) is 5. The van der Waals surface area contributed by atoms with Crippen molar-refractivity contribution < 1.29 is 23.8 Å². The van der Waals surface area contributed by atoms with Crippen LogP contribution in [0, 0.1) is 5.92 Å². The average molecular weight is 272 g/mol. The highest BCUT2D eigenvalue weighted by atomic mass is 16.7. The Morgan fingerprint density at radius 1 is 1.11 bits per heavy atom. The predicted molar refractivity (Wildman–Crippen MR) is 71.7 cm³/mol. The molecule has 0 amide bonds. The van der Waals surface area contributed by atoms with Crippen molar-refractivity contribution in [3.8, 4) is 0 Å². The summed E-state index contributed by atoms with van der Waals surface area (Å²) < 4.78 is 14.7. The molecular formula is C14H24O5. The summed E-state index contributed by atoms with van der Waals surface area (Å²) in [5.41, 5.74) is -0.284. The highest BCUT2D eigenvalue weighted by molar-refractivity contribution is 5.90. The van der Waals surface area contributed by atoms with Crippen LogP contribution >= 0.6 is 0 Å². The van der Waals surface area contributed by atoms with Crippen LogP contribution in [0.25, 0.3) is 0 Å². The highest BCUT2D eigenvalue weighted by Gasteiger charge is 2.26. The number of ether oxygens (including phenoxy) is 3. The van der Waals surface area contributed by atoms with Gasteiger partial charge in [-0.25, -0.2) is 9.59 Å². The van der Waals surface area contributed by atoms with E-state index in [4.69, 9.17) is 9.47 Å². The van der Waals surface area contributed by atoms with Crippen molar-refractivity contribution >= 4 is 12.1 Å². The van der Waals surface area contributed by atoms with Gasteiger partial charge in [-0.05, 0) is 33.6 Å². The molecule has 0 rings (SSSR count). The summed E-state index contributed by atoms with van der Waals surface area (Å²) in [5.74, 6) is -0.358. The largest absolute Gasteiger partial charge is 0.508 e. The van der Waals surface area contributed by atoms with Gasteiger partial charge in [-0.15, -0.1) is 0 Å². The Morgan fingerprint density at radius 3 is 2.00 bits per heavy atom. The van der Waals surface area contributed by atoms with E-state index < -0.39 is 23.8 Å². The van der Waals surface area contributed by atoms with Crippen LogP contribution in [0.15, 0.2) is 11.6 Å². The van der Waals surface area contributed by atoms with Gasteiger partial charge in [0.05, 0.1) is 12.7 Å². The van der Waals surface area contributed by atoms with Crippen molar-refractivity contribution in [2.24, 2.45) is 5.92 Å². The van der Waals surface area contributed by atoms with Crippen molar-refractivity contribution in [1.29, 1.82) is 0 Å². The molecule has 0 radical (unpaired) electrons. The van der Waals surface area contributed by atoms with Gasteiger partial charge in [0.15, 0.2) is 0 Å². The quantitative estimate of drug-likeness (QED) is 0.581. The predicted octanol–water partition coefficient (Wildman–Crippen LogP) is 3.08. The minimum Gasteiger partial charge on any atom is -0.457 e. The number of hydrogen-bond donors (Lipinski definition) is 0. The lowest BCUT2D eigenvalue weighted by Gasteiger charge is -2.23. The van der Waals surface area contributed by atoms with Gasteiger partial charge in [-0.1, -0.05) is 19.9 Å². The van der Waals surface area contributed by atoms with Gasteiger partial charge in [-0.3, -0.25) is 0 Å². The van der Waals surface area contributed by atoms with E-state index in [1.165, 1.54) is 7.11 Å². The molecule has 0 aliphatic heterocycles. The second kappa shape index (κ2) is 7.16. The summed E-state index contributed by atoms with van der Waals surface area (Å²) in [6, 6.07) is 0. The number of methoxy groups -OCH3 is 1. The van der Waals surface area contributed by atoms with Crippen LogP contribution in [0.1, 0.15) is 41.5 Å². The summed E-state index contributed by atoms with van der Waals surface area (Å²) in [7, 11) is 1.22. The first-order chi connectivity index (χ1) is 8.56. The van der Waals surface area contributed by atoms with Crippen LogP contribution in [0.3, 0.4) is 0 Å². The number of carbonyl (C=O) groups is 2. The summed E-state index contributed by atoms with van der Waals surface area (Å²) >= 11 is 0. The molecule has 1 atom stereocenters. The fourth-order valence-electron chi connectivity index (χ4n) is 1.32. The maximum Gasteiger partial charge on any atom is 0.508 e. The van der Waals surface area contributed by atoms with Crippen LogP contribution in [-0.4, -0.2) is 30.9 Å². The number of carbonyl (C=O) groups excluding carboxylic acids is 2. The molecule has 0 fully saturated rings. The Morgan fingerprint density at radius 2 is 1.63 bits per heavy atom. The number of allylic oxidation sites excluding steroid dienone is 1. The third kappa shape index (κ3) is 7.49. The van der Waals surface area contributed by atoms with Crippen LogP contribution in [-0.2, 0) is 19.0 Å². The molecule has 0 aromatic rings. The molecule has 0 aromatic heterocycles. The molecule has 0 spiro atoms. The topological polar surface area (TPSA) is 61.8 Å². The van der Waals surface area contributed by atoms with Gasteiger partial charge < -0.3 is 14.2 Å². The Bertz CT molecular complexity index is 349. The molecule has 0 unspecified atom stereocenters. The fraction of sp³-hybridized carbons (Fsp3) is 0.714. The van der Waals surface area contributed by atoms with Crippen molar-refractivity contribution in [3.63, 3.8) is 0 Å². The standard InChI is InChI=1S/C14H24O5/c1-9(2)8-11(10(3)18-13(16)17-7)12(15)19-14(4,5)6/h8-10H,1-7H3/b11-8+/t10-/m1/s1. The van der Waals surface area contributed by atoms with Crippen molar-refractivity contribution in [2.45, 2.75) is 53.2 Å². The van der Waals surface area contributed by atoms with Gasteiger partial charge in [0.25, 0.3) is 0 Å². The molecule has 0 bridgehead atoms. The van der Waals surface area contributed by atoms with Gasteiger partial charge in [-0.2, -0.15) is 0 Å². The first-order valence-corrected chi connectivity index (χ1v) is 6.26. The third-order valence-electron chi connectivity index (χ3n) is 2.03. The molecule has 110 valence electrons. The Kier molecular flexibility index (Phi) is 6.59. The molecule has 5 nitrogen and oxygen atoms in total. The van der Waals surface area contributed by atoms with Crippen LogP contribution in [0.2, 0.25) is 0 Å². The van der Waals surface area contributed by atoms with E-state index in [1.807, 2.05) is 13.8 Å². The maximum atomic E-state index is 12.1. The van der Waals surface area contributed by atoms with E-state index in [9.17, 15) is 9.59 Å². The molecule has 0 aliphatic carbocycles. The lowest BCUT2D eigenvalue weighted by atomic mass is 10.0. The fourth-order valence-corrected chi connectivity index (χ4v) is 1.32. The molecule has 0 aromatic carbocycles. The zero-order chi connectivity index (χ0) is 15.2. The first-order valence-electron chi connectivity index (χ1n) is 6.26. The van der Waals surface area contributed by atoms with Crippen LogP contribution in [0.5, 0.6) is 0 Å². The lowest BCUT2D eigenvalue weighted by molar-refractivity contribution is -0.151. The molecule has 0 heterocycles. The minimum absolute atomic E-state index is 0.131. The Hall–Kier alpha value is -1.52.